The number of hydrogen-bond acceptors (Lipinski definition) is 4. The first kappa shape index (κ1) is 12.2. The predicted octanol–water partition coefficient (Wildman–Crippen LogP) is 1.87. The topological polar surface area (TPSA) is 58.2 Å². The Labute approximate surface area is 111 Å². The van der Waals surface area contributed by atoms with Crippen LogP contribution in [0.5, 0.6) is 0 Å². The van der Waals surface area contributed by atoms with E-state index in [-0.39, 0.29) is 12.0 Å². The molecule has 0 amide bonds. The van der Waals surface area contributed by atoms with Crippen molar-refractivity contribution in [2.45, 2.75) is 24.9 Å². The van der Waals surface area contributed by atoms with Crippen LogP contribution in [0.3, 0.4) is 0 Å². The average Bonchev–Trinajstić information content (AvgIpc) is 3.17. The number of methoxy groups -OCH3 is 1. The van der Waals surface area contributed by atoms with Gasteiger partial charge in [0.1, 0.15) is 6.04 Å². The molecule has 1 saturated carbocycles. The first-order valence-corrected chi connectivity index (χ1v) is 6.43. The number of benzene rings is 1. The summed E-state index contributed by atoms with van der Waals surface area (Å²) in [7, 11) is 3.42. The van der Waals surface area contributed by atoms with Crippen molar-refractivity contribution in [3.8, 4) is 0 Å². The largest absolute Gasteiger partial charge is 0.468 e. The van der Waals surface area contributed by atoms with Gasteiger partial charge in [-0.3, -0.25) is 4.90 Å². The molecule has 2 aromatic rings. The normalized spacial score (nSPS) is 16.8. The van der Waals surface area contributed by atoms with E-state index in [1.165, 1.54) is 7.11 Å². The van der Waals surface area contributed by atoms with Gasteiger partial charge in [0.25, 0.3) is 0 Å². The monoisotopic (exact) mass is 259 g/mol. The molecular weight excluding hydrogens is 242 g/mol. The molecule has 3 rings (SSSR count). The molecular formula is C14H17N3O2. The Morgan fingerprint density at radius 1 is 1.53 bits per heavy atom. The van der Waals surface area contributed by atoms with Crippen LogP contribution in [0, 0.1) is 0 Å². The highest BCUT2D eigenvalue weighted by molar-refractivity contribution is 5.81. The second-order valence-corrected chi connectivity index (χ2v) is 5.00. The zero-order chi connectivity index (χ0) is 13.4. The van der Waals surface area contributed by atoms with Gasteiger partial charge in [-0.15, -0.1) is 0 Å². The smallest absolute Gasteiger partial charge is 0.327 e. The number of likely N-dealkylation sites (N-methyl/N-ethyl adjacent to an activating group) is 1. The van der Waals surface area contributed by atoms with Gasteiger partial charge in [-0.05, 0) is 37.6 Å². The summed E-state index contributed by atoms with van der Waals surface area (Å²) in [6.45, 7) is 0. The Hall–Kier alpha value is -1.88. The van der Waals surface area contributed by atoms with Gasteiger partial charge < -0.3 is 9.72 Å². The third-order valence-corrected chi connectivity index (χ3v) is 3.71. The number of carbonyl (C=O) groups excluding carboxylic acids is 1. The van der Waals surface area contributed by atoms with Crippen molar-refractivity contribution in [1.29, 1.82) is 0 Å². The van der Waals surface area contributed by atoms with Crippen molar-refractivity contribution in [2.24, 2.45) is 0 Å². The molecule has 0 bridgehead atoms. The standard InChI is InChI=1S/C14H17N3O2/c1-17(10-4-5-10)13(14(18)19-2)9-3-6-11-12(7-9)16-8-15-11/h3,6-8,10,13H,4-5H2,1-2H3,(H,15,16). The van der Waals surface area contributed by atoms with Crippen LogP contribution in [0.15, 0.2) is 24.5 Å². The lowest BCUT2D eigenvalue weighted by atomic mass is 10.0. The number of nitrogens with one attached hydrogen (secondary N) is 1. The maximum Gasteiger partial charge on any atom is 0.327 e. The first-order chi connectivity index (χ1) is 9.20. The highest BCUT2D eigenvalue weighted by atomic mass is 16.5. The third kappa shape index (κ3) is 2.21. The highest BCUT2D eigenvalue weighted by Crippen LogP contribution is 2.34. The second kappa shape index (κ2) is 4.66. The molecule has 0 aliphatic heterocycles. The number of fused-ring (bicyclic) bond motifs is 1. The van der Waals surface area contributed by atoms with Gasteiger partial charge in [-0.2, -0.15) is 0 Å². The first-order valence-electron chi connectivity index (χ1n) is 6.43. The molecule has 0 saturated heterocycles. The van der Waals surface area contributed by atoms with Gasteiger partial charge in [-0.1, -0.05) is 6.07 Å². The van der Waals surface area contributed by atoms with Crippen LogP contribution >= 0.6 is 0 Å². The molecule has 1 aliphatic carbocycles. The molecule has 5 heteroatoms. The lowest BCUT2D eigenvalue weighted by molar-refractivity contribution is -0.147. The van der Waals surface area contributed by atoms with Crippen LogP contribution in [-0.2, 0) is 9.53 Å². The number of esters is 1. The van der Waals surface area contributed by atoms with E-state index >= 15 is 0 Å². The third-order valence-electron chi connectivity index (χ3n) is 3.71. The van der Waals surface area contributed by atoms with Crippen molar-refractivity contribution >= 4 is 17.0 Å². The number of aromatic amines is 1. The van der Waals surface area contributed by atoms with Crippen molar-refractivity contribution in [3.05, 3.63) is 30.1 Å². The Bertz CT molecular complexity index is 604. The van der Waals surface area contributed by atoms with E-state index in [9.17, 15) is 4.79 Å². The van der Waals surface area contributed by atoms with Gasteiger partial charge in [0, 0.05) is 6.04 Å². The van der Waals surface area contributed by atoms with Crippen molar-refractivity contribution in [3.63, 3.8) is 0 Å². The van der Waals surface area contributed by atoms with Crippen LogP contribution in [0.2, 0.25) is 0 Å². The summed E-state index contributed by atoms with van der Waals surface area (Å²) < 4.78 is 4.95. The summed E-state index contributed by atoms with van der Waals surface area (Å²) in [6.07, 6.45) is 3.96. The SMILES string of the molecule is COC(=O)C(c1ccc2nc[nH]c2c1)N(C)C1CC1. The average molecular weight is 259 g/mol. The molecule has 19 heavy (non-hydrogen) atoms. The Kier molecular flexibility index (Phi) is 2.98. The zero-order valence-electron chi connectivity index (χ0n) is 11.1. The minimum Gasteiger partial charge on any atom is -0.468 e. The lowest BCUT2D eigenvalue weighted by Gasteiger charge is -2.26. The van der Waals surface area contributed by atoms with Crippen LogP contribution < -0.4 is 0 Å². The van der Waals surface area contributed by atoms with E-state index in [1.54, 1.807) is 6.33 Å². The molecule has 1 aromatic carbocycles. The number of aromatic nitrogens is 2. The van der Waals surface area contributed by atoms with Gasteiger partial charge >= 0.3 is 5.97 Å². The Morgan fingerprint density at radius 2 is 2.32 bits per heavy atom. The Morgan fingerprint density at radius 3 is 3.00 bits per heavy atom. The summed E-state index contributed by atoms with van der Waals surface area (Å²) in [5, 5.41) is 0. The summed E-state index contributed by atoms with van der Waals surface area (Å²) in [6, 6.07) is 6.00. The molecule has 1 aliphatic rings. The van der Waals surface area contributed by atoms with Gasteiger partial charge in [0.15, 0.2) is 0 Å². The quantitative estimate of drug-likeness (QED) is 0.852. The molecule has 1 unspecified atom stereocenters. The van der Waals surface area contributed by atoms with E-state index in [0.29, 0.717) is 6.04 Å². The fourth-order valence-corrected chi connectivity index (χ4v) is 2.47. The van der Waals surface area contributed by atoms with Gasteiger partial charge in [0.2, 0.25) is 0 Å². The summed E-state index contributed by atoms with van der Waals surface area (Å²) in [5.41, 5.74) is 2.79. The molecule has 1 aromatic heterocycles. The number of carbonyl (C=O) groups is 1. The van der Waals surface area contributed by atoms with E-state index in [0.717, 1.165) is 29.4 Å². The lowest BCUT2D eigenvalue weighted by Crippen LogP contribution is -2.33. The minimum absolute atomic E-state index is 0.215. The summed E-state index contributed by atoms with van der Waals surface area (Å²) in [5.74, 6) is -0.215. The van der Waals surface area contributed by atoms with E-state index in [4.69, 9.17) is 4.74 Å². The van der Waals surface area contributed by atoms with E-state index in [1.807, 2.05) is 25.2 Å². The second-order valence-electron chi connectivity index (χ2n) is 5.00. The van der Waals surface area contributed by atoms with Crippen LogP contribution in [0.4, 0.5) is 0 Å². The van der Waals surface area contributed by atoms with Crippen molar-refractivity contribution in [2.75, 3.05) is 14.2 Å². The maximum absolute atomic E-state index is 12.1. The van der Waals surface area contributed by atoms with E-state index in [2.05, 4.69) is 14.9 Å². The fourth-order valence-electron chi connectivity index (χ4n) is 2.47. The van der Waals surface area contributed by atoms with Crippen LogP contribution in [0.1, 0.15) is 24.4 Å². The number of H-pyrrole nitrogens is 1. The fraction of sp³-hybridized carbons (Fsp3) is 0.429. The van der Waals surface area contributed by atoms with Crippen LogP contribution in [-0.4, -0.2) is 41.0 Å². The minimum atomic E-state index is -0.342. The van der Waals surface area contributed by atoms with Crippen LogP contribution in [0.25, 0.3) is 11.0 Å². The molecule has 1 fully saturated rings. The predicted molar refractivity (Wildman–Crippen MR) is 71.6 cm³/mol. The maximum atomic E-state index is 12.1. The number of rotatable bonds is 4. The Balaban J connectivity index is 1.99. The summed E-state index contributed by atoms with van der Waals surface area (Å²) >= 11 is 0. The zero-order valence-corrected chi connectivity index (χ0v) is 11.1. The van der Waals surface area contributed by atoms with Gasteiger partial charge in [0.05, 0.1) is 24.5 Å². The molecule has 5 nitrogen and oxygen atoms in total. The molecule has 0 radical (unpaired) electrons. The summed E-state index contributed by atoms with van der Waals surface area (Å²) in [4.78, 5) is 21.4. The molecule has 0 spiro atoms. The molecule has 100 valence electrons. The number of nitrogens with zero attached hydrogens (tertiary/aromatic N) is 2. The molecule has 1 atom stereocenters. The number of imidazole rings is 1. The number of hydrogen-bond donors (Lipinski definition) is 1. The molecule has 1 N–H and O–H groups in total. The van der Waals surface area contributed by atoms with Gasteiger partial charge in [-0.25, -0.2) is 9.78 Å². The number of ether oxygens (including phenoxy) is 1. The molecule has 1 heterocycles. The van der Waals surface area contributed by atoms with E-state index < -0.39 is 0 Å². The highest BCUT2D eigenvalue weighted by Gasteiger charge is 2.36. The van der Waals surface area contributed by atoms with Crippen molar-refractivity contribution in [1.82, 2.24) is 14.9 Å². The van der Waals surface area contributed by atoms with Crippen molar-refractivity contribution < 1.29 is 9.53 Å².